The molecular formula is C19H23N5O2. The van der Waals surface area contributed by atoms with Crippen molar-refractivity contribution >= 4 is 16.9 Å². The number of ether oxygens (including phenoxy) is 2. The van der Waals surface area contributed by atoms with Gasteiger partial charge < -0.3 is 24.3 Å². The number of aromatic amines is 1. The van der Waals surface area contributed by atoms with Crippen LogP contribution in [0.25, 0.3) is 22.4 Å². The maximum atomic E-state index is 5.51. The van der Waals surface area contributed by atoms with Crippen LogP contribution < -0.4 is 14.4 Å². The summed E-state index contributed by atoms with van der Waals surface area (Å²) in [6.45, 7) is 3.96. The first-order chi connectivity index (χ1) is 12.7. The van der Waals surface area contributed by atoms with Crippen LogP contribution in [0, 0.1) is 0 Å². The number of nitrogens with one attached hydrogen (secondary N) is 1. The molecule has 2 aromatic heterocycles. The molecule has 0 saturated carbocycles. The van der Waals surface area contributed by atoms with E-state index in [1.54, 1.807) is 14.2 Å². The van der Waals surface area contributed by atoms with Gasteiger partial charge in [-0.05, 0) is 31.3 Å². The van der Waals surface area contributed by atoms with E-state index in [4.69, 9.17) is 14.5 Å². The van der Waals surface area contributed by atoms with E-state index in [-0.39, 0.29) is 0 Å². The van der Waals surface area contributed by atoms with Crippen molar-refractivity contribution in [2.24, 2.45) is 0 Å². The Hall–Kier alpha value is -2.80. The number of fused-ring (bicyclic) bond motifs is 1. The van der Waals surface area contributed by atoms with Gasteiger partial charge in [0.1, 0.15) is 22.8 Å². The second kappa shape index (κ2) is 6.84. The summed E-state index contributed by atoms with van der Waals surface area (Å²) in [6, 6.07) is 7.65. The molecule has 4 rings (SSSR count). The number of benzene rings is 1. The minimum absolute atomic E-state index is 0.749. The van der Waals surface area contributed by atoms with Gasteiger partial charge in [0.25, 0.3) is 0 Å². The van der Waals surface area contributed by atoms with Crippen molar-refractivity contribution in [2.45, 2.75) is 0 Å². The lowest BCUT2D eigenvalue weighted by Gasteiger charge is -2.33. The Morgan fingerprint density at radius 1 is 1.04 bits per heavy atom. The number of hydrogen-bond donors (Lipinski definition) is 1. The maximum absolute atomic E-state index is 5.51. The molecule has 7 nitrogen and oxygen atoms in total. The van der Waals surface area contributed by atoms with Crippen LogP contribution in [-0.2, 0) is 0 Å². The minimum atomic E-state index is 0.749. The molecule has 0 atom stereocenters. The van der Waals surface area contributed by atoms with Gasteiger partial charge in [0, 0.05) is 32.4 Å². The van der Waals surface area contributed by atoms with Gasteiger partial charge in [-0.2, -0.15) is 0 Å². The number of imidazole rings is 1. The molecule has 3 aromatic rings. The average Bonchev–Trinajstić information content (AvgIpc) is 3.12. The molecule has 1 aromatic carbocycles. The van der Waals surface area contributed by atoms with Gasteiger partial charge in [-0.3, -0.25) is 0 Å². The lowest BCUT2D eigenvalue weighted by molar-refractivity contribution is 0.312. The Kier molecular flexibility index (Phi) is 4.38. The number of methoxy groups -OCH3 is 2. The van der Waals surface area contributed by atoms with Crippen LogP contribution in [-0.4, -0.2) is 67.3 Å². The van der Waals surface area contributed by atoms with E-state index in [1.807, 2.05) is 30.5 Å². The molecule has 1 aliphatic rings. The first-order valence-corrected chi connectivity index (χ1v) is 8.70. The minimum Gasteiger partial charge on any atom is -0.497 e. The van der Waals surface area contributed by atoms with Crippen molar-refractivity contribution in [3.63, 3.8) is 0 Å². The Labute approximate surface area is 152 Å². The van der Waals surface area contributed by atoms with E-state index in [0.717, 1.165) is 65.9 Å². The quantitative estimate of drug-likeness (QED) is 0.777. The molecule has 3 heterocycles. The molecule has 0 amide bonds. The van der Waals surface area contributed by atoms with Gasteiger partial charge in [-0.15, -0.1) is 0 Å². The molecule has 1 fully saturated rings. The number of likely N-dealkylation sites (N-methyl/N-ethyl adjacent to an activating group) is 1. The van der Waals surface area contributed by atoms with Crippen molar-refractivity contribution < 1.29 is 9.47 Å². The van der Waals surface area contributed by atoms with Crippen LogP contribution >= 0.6 is 0 Å². The Balaban J connectivity index is 1.78. The second-order valence-corrected chi connectivity index (χ2v) is 6.47. The first kappa shape index (κ1) is 16.7. The number of piperazine rings is 1. The van der Waals surface area contributed by atoms with Crippen LogP contribution in [0.5, 0.6) is 11.5 Å². The molecule has 0 bridgehead atoms. The standard InChI is InChI=1S/C19H23N5O2/c1-23-8-10-24(11-9-23)19-17-15(6-7-20-19)21-18(22-17)14-12-13(25-2)4-5-16(14)26-3/h4-7,12H,8-11H2,1-3H3,(H,21,22). The molecule has 0 spiro atoms. The number of nitrogens with zero attached hydrogens (tertiary/aromatic N) is 4. The molecular weight excluding hydrogens is 330 g/mol. The number of hydrogen-bond acceptors (Lipinski definition) is 6. The van der Waals surface area contributed by atoms with Crippen LogP contribution in [0.3, 0.4) is 0 Å². The highest BCUT2D eigenvalue weighted by Gasteiger charge is 2.20. The fourth-order valence-electron chi connectivity index (χ4n) is 3.30. The fraction of sp³-hybridized carbons (Fsp3) is 0.368. The fourth-order valence-corrected chi connectivity index (χ4v) is 3.30. The van der Waals surface area contributed by atoms with Crippen molar-refractivity contribution in [3.05, 3.63) is 30.5 Å². The summed E-state index contributed by atoms with van der Waals surface area (Å²) in [7, 11) is 5.46. The highest BCUT2D eigenvalue weighted by atomic mass is 16.5. The Morgan fingerprint density at radius 2 is 1.85 bits per heavy atom. The molecule has 136 valence electrons. The van der Waals surface area contributed by atoms with E-state index in [0.29, 0.717) is 0 Å². The number of aromatic nitrogens is 3. The van der Waals surface area contributed by atoms with Gasteiger partial charge >= 0.3 is 0 Å². The highest BCUT2D eigenvalue weighted by molar-refractivity contribution is 5.89. The van der Waals surface area contributed by atoms with Gasteiger partial charge in [0.2, 0.25) is 0 Å². The van der Waals surface area contributed by atoms with Gasteiger partial charge in [-0.1, -0.05) is 0 Å². The molecule has 26 heavy (non-hydrogen) atoms. The number of anilines is 1. The molecule has 7 heteroatoms. The predicted molar refractivity (Wildman–Crippen MR) is 102 cm³/mol. The van der Waals surface area contributed by atoms with Gasteiger partial charge in [0.05, 0.1) is 25.3 Å². The zero-order chi connectivity index (χ0) is 18.1. The van der Waals surface area contributed by atoms with Crippen molar-refractivity contribution in [3.8, 4) is 22.9 Å². The van der Waals surface area contributed by atoms with E-state index < -0.39 is 0 Å². The topological polar surface area (TPSA) is 66.5 Å². The molecule has 1 N–H and O–H groups in total. The number of pyridine rings is 1. The van der Waals surface area contributed by atoms with Crippen LogP contribution in [0.2, 0.25) is 0 Å². The Bertz CT molecular complexity index is 915. The summed E-state index contributed by atoms with van der Waals surface area (Å²) in [5.41, 5.74) is 2.72. The first-order valence-electron chi connectivity index (χ1n) is 8.70. The smallest absolute Gasteiger partial charge is 0.156 e. The molecule has 0 radical (unpaired) electrons. The van der Waals surface area contributed by atoms with E-state index in [9.17, 15) is 0 Å². The molecule has 0 unspecified atom stereocenters. The van der Waals surface area contributed by atoms with Crippen molar-refractivity contribution in [1.82, 2.24) is 19.9 Å². The Morgan fingerprint density at radius 3 is 2.58 bits per heavy atom. The van der Waals surface area contributed by atoms with E-state index >= 15 is 0 Å². The van der Waals surface area contributed by atoms with Crippen LogP contribution in [0.1, 0.15) is 0 Å². The summed E-state index contributed by atoms with van der Waals surface area (Å²) >= 11 is 0. The average molecular weight is 353 g/mol. The third kappa shape index (κ3) is 2.94. The van der Waals surface area contributed by atoms with Crippen LogP contribution in [0.4, 0.5) is 5.82 Å². The third-order valence-corrected chi connectivity index (χ3v) is 4.85. The normalized spacial score (nSPS) is 15.4. The largest absolute Gasteiger partial charge is 0.497 e. The second-order valence-electron chi connectivity index (χ2n) is 6.47. The van der Waals surface area contributed by atoms with Gasteiger partial charge in [-0.25, -0.2) is 9.97 Å². The summed E-state index contributed by atoms with van der Waals surface area (Å²) in [4.78, 5) is 17.5. The predicted octanol–water partition coefficient (Wildman–Crippen LogP) is 2.39. The van der Waals surface area contributed by atoms with Gasteiger partial charge in [0.15, 0.2) is 5.82 Å². The maximum Gasteiger partial charge on any atom is 0.156 e. The number of H-pyrrole nitrogens is 1. The van der Waals surface area contributed by atoms with E-state index in [1.165, 1.54) is 0 Å². The van der Waals surface area contributed by atoms with Crippen molar-refractivity contribution in [1.29, 1.82) is 0 Å². The number of rotatable bonds is 4. The zero-order valence-corrected chi connectivity index (χ0v) is 15.3. The zero-order valence-electron chi connectivity index (χ0n) is 15.3. The lowest BCUT2D eigenvalue weighted by Crippen LogP contribution is -2.44. The molecule has 1 saturated heterocycles. The van der Waals surface area contributed by atoms with E-state index in [2.05, 4.69) is 26.8 Å². The lowest BCUT2D eigenvalue weighted by atomic mass is 10.2. The summed E-state index contributed by atoms with van der Waals surface area (Å²) < 4.78 is 10.9. The summed E-state index contributed by atoms with van der Waals surface area (Å²) in [5.74, 6) is 3.19. The monoisotopic (exact) mass is 353 g/mol. The SMILES string of the molecule is COc1ccc(OC)c(-c2nc3c(N4CCN(C)CC4)nccc3[nH]2)c1. The molecule has 1 aliphatic heterocycles. The summed E-state index contributed by atoms with van der Waals surface area (Å²) in [6.07, 6.45) is 1.83. The van der Waals surface area contributed by atoms with Crippen molar-refractivity contribution in [2.75, 3.05) is 52.3 Å². The summed E-state index contributed by atoms with van der Waals surface area (Å²) in [5, 5.41) is 0. The third-order valence-electron chi connectivity index (χ3n) is 4.85. The van der Waals surface area contributed by atoms with Crippen LogP contribution in [0.15, 0.2) is 30.5 Å². The molecule has 0 aliphatic carbocycles. The highest BCUT2D eigenvalue weighted by Crippen LogP contribution is 2.34.